The van der Waals surface area contributed by atoms with Gasteiger partial charge in [0.05, 0.1) is 5.71 Å². The molecule has 54 heavy (non-hydrogen) atoms. The van der Waals surface area contributed by atoms with Crippen LogP contribution >= 0.6 is 0 Å². The first kappa shape index (κ1) is 31.6. The van der Waals surface area contributed by atoms with Gasteiger partial charge in [-0.2, -0.15) is 0 Å². The van der Waals surface area contributed by atoms with E-state index in [0.29, 0.717) is 0 Å². The highest BCUT2D eigenvalue weighted by molar-refractivity contribution is 6.21. The second-order valence-electron chi connectivity index (χ2n) is 13.8. The minimum absolute atomic E-state index is 0.271. The number of aromatic nitrogens is 1. The Morgan fingerprint density at radius 3 is 1.59 bits per heavy atom. The lowest BCUT2D eigenvalue weighted by Crippen LogP contribution is -2.24. The number of rotatable bonds is 6. The topological polar surface area (TPSA) is 37.3 Å². The van der Waals surface area contributed by atoms with Gasteiger partial charge < -0.3 is 5.32 Å². The van der Waals surface area contributed by atoms with Gasteiger partial charge in [0.2, 0.25) is 0 Å². The Balaban J connectivity index is 1.07. The van der Waals surface area contributed by atoms with Crippen molar-refractivity contribution in [2.45, 2.75) is 6.17 Å². The molecular formula is C51H35N3. The average Bonchev–Trinajstić information content (AvgIpc) is 3.26. The molecule has 1 atom stereocenters. The lowest BCUT2D eigenvalue weighted by molar-refractivity contribution is 0.664. The van der Waals surface area contributed by atoms with Crippen molar-refractivity contribution in [3.63, 3.8) is 0 Å². The second kappa shape index (κ2) is 13.5. The fourth-order valence-corrected chi connectivity index (χ4v) is 7.93. The van der Waals surface area contributed by atoms with Gasteiger partial charge in [0.25, 0.3) is 0 Å². The Labute approximate surface area is 314 Å². The molecule has 1 aromatic heterocycles. The van der Waals surface area contributed by atoms with Gasteiger partial charge >= 0.3 is 0 Å². The SMILES string of the molecule is C1=C(c2ccc3ccccc3c2)NC(c2ccc(-c3c4ccccc4c(-c4ccccc4)c4ccccc34)cc2)N=C1c1ccc(-c2cccnc2)cc1. The number of nitrogens with zero attached hydrogens (tertiary/aromatic N) is 2. The number of hydrogen-bond donors (Lipinski definition) is 1. The van der Waals surface area contributed by atoms with Crippen molar-refractivity contribution in [3.8, 4) is 33.4 Å². The highest BCUT2D eigenvalue weighted by atomic mass is 15.1. The molecule has 3 heteroatoms. The maximum Gasteiger partial charge on any atom is 0.145 e. The molecule has 0 radical (unpaired) electrons. The van der Waals surface area contributed by atoms with Crippen molar-refractivity contribution >= 4 is 43.7 Å². The molecular weight excluding hydrogens is 655 g/mol. The summed E-state index contributed by atoms with van der Waals surface area (Å²) in [7, 11) is 0. The van der Waals surface area contributed by atoms with E-state index in [1.54, 1.807) is 6.20 Å². The fourth-order valence-electron chi connectivity index (χ4n) is 7.93. The first-order valence-electron chi connectivity index (χ1n) is 18.4. The molecule has 0 spiro atoms. The summed E-state index contributed by atoms with van der Waals surface area (Å²) in [4.78, 5) is 9.64. The molecule has 0 aliphatic carbocycles. The van der Waals surface area contributed by atoms with E-state index in [1.165, 1.54) is 54.6 Å². The Bertz CT molecular complexity index is 2820. The van der Waals surface area contributed by atoms with Gasteiger partial charge in [-0.15, -0.1) is 0 Å². The monoisotopic (exact) mass is 689 g/mol. The van der Waals surface area contributed by atoms with Gasteiger partial charge in [-0.05, 0) is 101 Å². The van der Waals surface area contributed by atoms with Crippen LogP contribution in [0.3, 0.4) is 0 Å². The van der Waals surface area contributed by atoms with Crippen LogP contribution in [0.4, 0.5) is 0 Å². The first-order chi connectivity index (χ1) is 26.8. The van der Waals surface area contributed by atoms with E-state index in [4.69, 9.17) is 4.99 Å². The molecule has 0 saturated heterocycles. The van der Waals surface area contributed by atoms with Gasteiger partial charge in [0, 0.05) is 18.1 Å². The number of fused-ring (bicyclic) bond motifs is 3. The van der Waals surface area contributed by atoms with E-state index in [-0.39, 0.29) is 6.17 Å². The summed E-state index contributed by atoms with van der Waals surface area (Å²) in [5, 5.41) is 11.2. The molecule has 3 nitrogen and oxygen atoms in total. The van der Waals surface area contributed by atoms with Crippen molar-refractivity contribution in [3.05, 3.63) is 217 Å². The molecule has 0 fully saturated rings. The van der Waals surface area contributed by atoms with Gasteiger partial charge in [-0.3, -0.25) is 9.98 Å². The zero-order valence-corrected chi connectivity index (χ0v) is 29.5. The third-order valence-corrected chi connectivity index (χ3v) is 10.6. The summed E-state index contributed by atoms with van der Waals surface area (Å²) in [6.07, 6.45) is 5.62. The maximum absolute atomic E-state index is 5.33. The number of benzene rings is 8. The molecule has 0 amide bonds. The second-order valence-corrected chi connectivity index (χ2v) is 13.8. The lowest BCUT2D eigenvalue weighted by Gasteiger charge is -2.25. The standard InChI is InChI=1S/C51H35N3/c1-2-12-37(13-3-1)49-43-16-6-8-18-45(43)50(46-19-9-7-17-44(46)49)38-25-27-39(28-26-38)51-53-47(36-23-20-35(21-24-36)42-15-10-30-52-33-42)32-48(54-51)41-29-22-34-11-4-5-14-40(34)31-41/h1-33,51,54H. The van der Waals surface area contributed by atoms with Crippen LogP contribution < -0.4 is 5.32 Å². The van der Waals surface area contributed by atoms with E-state index in [9.17, 15) is 0 Å². The molecule has 9 aromatic rings. The van der Waals surface area contributed by atoms with E-state index in [1.807, 2.05) is 12.3 Å². The Morgan fingerprint density at radius 2 is 0.944 bits per heavy atom. The van der Waals surface area contributed by atoms with Gasteiger partial charge in [-0.1, -0.05) is 170 Å². The van der Waals surface area contributed by atoms with Crippen LogP contribution in [-0.2, 0) is 0 Å². The molecule has 0 bridgehead atoms. The molecule has 1 unspecified atom stereocenters. The van der Waals surface area contributed by atoms with Crippen molar-refractivity contribution < 1.29 is 0 Å². The quantitative estimate of drug-likeness (QED) is 0.176. The summed E-state index contributed by atoms with van der Waals surface area (Å²) < 4.78 is 0. The molecule has 1 N–H and O–H groups in total. The summed E-state index contributed by atoms with van der Waals surface area (Å²) in [6, 6.07) is 65.2. The normalized spacial score (nSPS) is 14.1. The third kappa shape index (κ3) is 5.73. The van der Waals surface area contributed by atoms with Crippen molar-refractivity contribution in [1.29, 1.82) is 0 Å². The number of pyridine rings is 1. The van der Waals surface area contributed by atoms with E-state index in [2.05, 4.69) is 192 Å². The number of allylic oxidation sites excluding steroid dienone is 1. The van der Waals surface area contributed by atoms with Crippen LogP contribution in [0.1, 0.15) is 22.9 Å². The van der Waals surface area contributed by atoms with E-state index < -0.39 is 0 Å². The van der Waals surface area contributed by atoms with Gasteiger partial charge in [0.1, 0.15) is 6.17 Å². The Morgan fingerprint density at radius 1 is 0.407 bits per heavy atom. The highest BCUT2D eigenvalue weighted by Gasteiger charge is 2.21. The predicted octanol–water partition coefficient (Wildman–Crippen LogP) is 12.7. The molecule has 1 aliphatic heterocycles. The average molecular weight is 690 g/mol. The molecule has 10 rings (SSSR count). The first-order valence-corrected chi connectivity index (χ1v) is 18.4. The van der Waals surface area contributed by atoms with Crippen molar-refractivity contribution in [1.82, 2.24) is 10.3 Å². The summed E-state index contributed by atoms with van der Waals surface area (Å²) in [5.74, 6) is 0. The minimum atomic E-state index is -0.271. The number of hydrogen-bond acceptors (Lipinski definition) is 3. The lowest BCUT2D eigenvalue weighted by atomic mass is 9.86. The van der Waals surface area contributed by atoms with E-state index >= 15 is 0 Å². The van der Waals surface area contributed by atoms with E-state index in [0.717, 1.165) is 39.2 Å². The van der Waals surface area contributed by atoms with Crippen LogP contribution in [0.2, 0.25) is 0 Å². The Kier molecular flexibility index (Phi) is 7.88. The zero-order valence-electron chi connectivity index (χ0n) is 29.5. The minimum Gasteiger partial charge on any atom is -0.360 e. The van der Waals surface area contributed by atoms with Crippen LogP contribution in [0.25, 0.3) is 71.4 Å². The predicted molar refractivity (Wildman–Crippen MR) is 226 cm³/mol. The molecule has 0 saturated carbocycles. The third-order valence-electron chi connectivity index (χ3n) is 10.6. The molecule has 254 valence electrons. The van der Waals surface area contributed by atoms with Crippen LogP contribution in [-0.4, -0.2) is 10.7 Å². The summed E-state index contributed by atoms with van der Waals surface area (Å²) in [6.45, 7) is 0. The maximum atomic E-state index is 5.33. The van der Waals surface area contributed by atoms with Crippen LogP contribution in [0.5, 0.6) is 0 Å². The Hall–Kier alpha value is -7.10. The van der Waals surface area contributed by atoms with Crippen LogP contribution in [0.15, 0.2) is 205 Å². The van der Waals surface area contributed by atoms with Crippen molar-refractivity contribution in [2.24, 2.45) is 4.99 Å². The number of aliphatic imine (C=N–C) groups is 1. The largest absolute Gasteiger partial charge is 0.360 e. The fraction of sp³-hybridized carbons (Fsp3) is 0.0196. The molecule has 8 aromatic carbocycles. The van der Waals surface area contributed by atoms with Crippen molar-refractivity contribution in [2.75, 3.05) is 0 Å². The highest BCUT2D eigenvalue weighted by Crippen LogP contribution is 2.43. The summed E-state index contributed by atoms with van der Waals surface area (Å²) >= 11 is 0. The number of nitrogens with one attached hydrogen (secondary N) is 1. The van der Waals surface area contributed by atoms with Gasteiger partial charge in [-0.25, -0.2) is 0 Å². The van der Waals surface area contributed by atoms with Crippen LogP contribution in [0, 0.1) is 0 Å². The smallest absolute Gasteiger partial charge is 0.145 e. The zero-order chi connectivity index (χ0) is 35.8. The molecule has 1 aliphatic rings. The summed E-state index contributed by atoms with van der Waals surface area (Å²) in [5.41, 5.74) is 12.4. The van der Waals surface area contributed by atoms with Gasteiger partial charge in [0.15, 0.2) is 0 Å². The molecule has 2 heterocycles.